The Balaban J connectivity index is 0. The lowest BCUT2D eigenvalue weighted by Gasteiger charge is -2.34. The molecule has 126 valence electrons. The van der Waals surface area contributed by atoms with E-state index in [1.165, 1.54) is 0 Å². The molecule has 7 nitrogen and oxygen atoms in total. The average Bonchev–Trinajstić information content (AvgIpc) is 2.38. The molecule has 0 saturated heterocycles. The minimum absolute atomic E-state index is 0.0564. The van der Waals surface area contributed by atoms with Crippen molar-refractivity contribution in [2.45, 2.75) is 33.8 Å². The summed E-state index contributed by atoms with van der Waals surface area (Å²) in [5.74, 6) is -0.291. The van der Waals surface area contributed by atoms with Crippen molar-refractivity contribution < 1.29 is 31.2 Å². The molecule has 8 heteroatoms. The van der Waals surface area contributed by atoms with E-state index in [4.69, 9.17) is 4.74 Å². The van der Waals surface area contributed by atoms with Gasteiger partial charge in [-0.2, -0.15) is 0 Å². The number of nitrogens with zero attached hydrogens (tertiary/aromatic N) is 1. The van der Waals surface area contributed by atoms with Gasteiger partial charge >= 0.3 is 5.97 Å². The van der Waals surface area contributed by atoms with E-state index in [-0.39, 0.29) is 12.1 Å². The lowest BCUT2D eigenvalue weighted by atomic mass is 10.3. The third kappa shape index (κ3) is 12.5. The van der Waals surface area contributed by atoms with E-state index < -0.39 is 10.4 Å². The Labute approximate surface area is 128 Å². The quantitative estimate of drug-likeness (QED) is 0.229. The normalized spacial score (nSPS) is 12.9. The lowest BCUT2D eigenvalue weighted by Crippen LogP contribution is -2.48. The summed E-state index contributed by atoms with van der Waals surface area (Å²) in [6, 6.07) is 0. The molecule has 0 aliphatic heterocycles. The predicted molar refractivity (Wildman–Crippen MR) is 79.2 cm³/mol. The van der Waals surface area contributed by atoms with E-state index in [0.717, 1.165) is 31.2 Å². The molecule has 0 fully saturated rings. The highest BCUT2D eigenvalue weighted by Crippen LogP contribution is 2.07. The van der Waals surface area contributed by atoms with Gasteiger partial charge in [0.05, 0.1) is 27.2 Å². The summed E-state index contributed by atoms with van der Waals surface area (Å²) < 4.78 is 37.2. The smallest absolute Gasteiger partial charge is 0.333 e. The zero-order valence-electron chi connectivity index (χ0n) is 13.7. The maximum absolute atomic E-state index is 11.3. The van der Waals surface area contributed by atoms with E-state index in [0.29, 0.717) is 5.57 Å². The second-order valence-corrected chi connectivity index (χ2v) is 6.16. The van der Waals surface area contributed by atoms with Crippen LogP contribution in [0.15, 0.2) is 12.2 Å². The van der Waals surface area contributed by atoms with Crippen LogP contribution in [0.4, 0.5) is 0 Å². The topological polar surface area (TPSA) is 92.7 Å². The van der Waals surface area contributed by atoms with Gasteiger partial charge in [0.15, 0.2) is 0 Å². The molecule has 1 atom stereocenters. The number of carbonyl (C=O) groups excluding carboxylic acids is 1. The van der Waals surface area contributed by atoms with Crippen molar-refractivity contribution in [3.05, 3.63) is 12.2 Å². The Morgan fingerprint density at radius 1 is 1.33 bits per heavy atom. The molecule has 0 aromatic heterocycles. The maximum Gasteiger partial charge on any atom is 0.333 e. The van der Waals surface area contributed by atoms with Gasteiger partial charge < -0.3 is 13.8 Å². The standard InChI is InChI=1S/C12H24NO2.CH4O4S/c1-7-13(6,8-2)9-11(5)15-12(14)10(3)4;1-5-6(2,3)4/h11H,3,7-9H2,1-2,4-6H3;1H3,(H,2,3,4)/q+1;/p-1. The van der Waals surface area contributed by atoms with E-state index in [2.05, 4.69) is 31.7 Å². The molecule has 0 saturated carbocycles. The van der Waals surface area contributed by atoms with Crippen molar-refractivity contribution in [2.24, 2.45) is 0 Å². The molecule has 0 aliphatic rings. The van der Waals surface area contributed by atoms with Crippen LogP contribution in [0.2, 0.25) is 0 Å². The summed E-state index contributed by atoms with van der Waals surface area (Å²) in [5.41, 5.74) is 0.462. The van der Waals surface area contributed by atoms with Crippen molar-refractivity contribution >= 4 is 16.4 Å². The molecule has 0 heterocycles. The van der Waals surface area contributed by atoms with Gasteiger partial charge in [0.1, 0.15) is 12.6 Å². The Morgan fingerprint density at radius 2 is 1.71 bits per heavy atom. The highest BCUT2D eigenvalue weighted by Gasteiger charge is 2.22. The zero-order valence-corrected chi connectivity index (χ0v) is 14.5. The van der Waals surface area contributed by atoms with Crippen molar-refractivity contribution in [1.82, 2.24) is 0 Å². The van der Waals surface area contributed by atoms with Gasteiger partial charge in [-0.1, -0.05) is 6.58 Å². The first-order chi connectivity index (χ1) is 9.40. The van der Waals surface area contributed by atoms with Crippen molar-refractivity contribution in [3.8, 4) is 0 Å². The molecular formula is C13H27NO6S. The number of quaternary nitrogens is 1. The fraction of sp³-hybridized carbons (Fsp3) is 0.769. The van der Waals surface area contributed by atoms with Crippen LogP contribution >= 0.6 is 0 Å². The Bertz CT molecular complexity index is 428. The molecule has 0 amide bonds. The summed E-state index contributed by atoms with van der Waals surface area (Å²) >= 11 is 0. The van der Waals surface area contributed by atoms with Crippen LogP contribution in [0, 0.1) is 0 Å². The summed E-state index contributed by atoms with van der Waals surface area (Å²) in [5, 5.41) is 0. The summed E-state index contributed by atoms with van der Waals surface area (Å²) in [4.78, 5) is 11.3. The number of esters is 1. The SMILES string of the molecule is C=C(C)C(=O)OC(C)C[N+](C)(CC)CC.COS(=O)(=O)[O-]. The summed E-state index contributed by atoms with van der Waals surface area (Å²) in [6.07, 6.45) is -0.0564. The average molecular weight is 325 g/mol. The predicted octanol–water partition coefficient (Wildman–Crippen LogP) is 1.07. The largest absolute Gasteiger partial charge is 0.726 e. The van der Waals surface area contributed by atoms with Gasteiger partial charge in [-0.3, -0.25) is 4.18 Å². The van der Waals surface area contributed by atoms with Crippen LogP contribution in [0.1, 0.15) is 27.7 Å². The Kier molecular flexibility index (Phi) is 10.5. The second kappa shape index (κ2) is 9.88. The molecule has 0 aromatic rings. The third-order valence-electron chi connectivity index (χ3n) is 3.09. The van der Waals surface area contributed by atoms with E-state index in [1.807, 2.05) is 6.92 Å². The minimum atomic E-state index is -4.41. The van der Waals surface area contributed by atoms with E-state index in [1.54, 1.807) is 6.92 Å². The minimum Gasteiger partial charge on any atom is -0.726 e. The van der Waals surface area contributed by atoms with E-state index in [9.17, 15) is 17.8 Å². The van der Waals surface area contributed by atoms with E-state index >= 15 is 0 Å². The molecule has 0 rings (SSSR count). The van der Waals surface area contributed by atoms with Gasteiger partial charge in [-0.25, -0.2) is 13.2 Å². The maximum atomic E-state index is 11.3. The van der Waals surface area contributed by atoms with Gasteiger partial charge in [0.25, 0.3) is 0 Å². The number of hydrogen-bond acceptors (Lipinski definition) is 6. The number of ether oxygens (including phenoxy) is 1. The van der Waals surface area contributed by atoms with Crippen LogP contribution in [0.5, 0.6) is 0 Å². The fourth-order valence-electron chi connectivity index (χ4n) is 1.42. The number of rotatable bonds is 7. The molecule has 1 unspecified atom stereocenters. The monoisotopic (exact) mass is 325 g/mol. The highest BCUT2D eigenvalue weighted by atomic mass is 32.3. The van der Waals surface area contributed by atoms with Crippen molar-refractivity contribution in [1.29, 1.82) is 0 Å². The van der Waals surface area contributed by atoms with Gasteiger partial charge in [-0.05, 0) is 27.7 Å². The summed E-state index contributed by atoms with van der Waals surface area (Å²) in [7, 11) is -1.43. The van der Waals surface area contributed by atoms with Crippen LogP contribution in [-0.2, 0) is 24.1 Å². The molecule has 0 aromatic carbocycles. The molecule has 0 aliphatic carbocycles. The fourth-order valence-corrected chi connectivity index (χ4v) is 1.42. The number of carbonyl (C=O) groups is 1. The van der Waals surface area contributed by atoms with Gasteiger partial charge in [0, 0.05) is 5.57 Å². The number of likely N-dealkylation sites (N-methyl/N-ethyl adjacent to an activating group) is 1. The molecule has 0 bridgehead atoms. The van der Waals surface area contributed by atoms with Crippen molar-refractivity contribution in [2.75, 3.05) is 33.8 Å². The zero-order chi connectivity index (χ0) is 17.3. The first-order valence-electron chi connectivity index (χ1n) is 6.62. The van der Waals surface area contributed by atoms with Crippen LogP contribution < -0.4 is 0 Å². The molecule has 21 heavy (non-hydrogen) atoms. The molecular weight excluding hydrogens is 298 g/mol. The molecule has 0 radical (unpaired) electrons. The number of hydrogen-bond donors (Lipinski definition) is 0. The second-order valence-electron chi connectivity index (χ2n) is 5.01. The molecule has 0 N–H and O–H groups in total. The Hall–Kier alpha value is -0.960. The van der Waals surface area contributed by atoms with Crippen LogP contribution in [-0.4, -0.2) is 63.3 Å². The van der Waals surface area contributed by atoms with Crippen LogP contribution in [0.3, 0.4) is 0 Å². The highest BCUT2D eigenvalue weighted by molar-refractivity contribution is 7.80. The lowest BCUT2D eigenvalue weighted by molar-refractivity contribution is -0.908. The molecule has 0 spiro atoms. The Morgan fingerprint density at radius 3 is 1.95 bits per heavy atom. The van der Waals surface area contributed by atoms with Crippen LogP contribution in [0.25, 0.3) is 0 Å². The first-order valence-corrected chi connectivity index (χ1v) is 7.95. The van der Waals surface area contributed by atoms with Gasteiger partial charge in [-0.15, -0.1) is 0 Å². The first kappa shape index (κ1) is 22.3. The van der Waals surface area contributed by atoms with Gasteiger partial charge in [0.2, 0.25) is 10.4 Å². The van der Waals surface area contributed by atoms with Crippen molar-refractivity contribution in [3.63, 3.8) is 0 Å². The third-order valence-corrected chi connectivity index (χ3v) is 3.49. The summed E-state index contributed by atoms with van der Waals surface area (Å²) in [6.45, 7) is 14.4.